The predicted molar refractivity (Wildman–Crippen MR) is 73.1 cm³/mol. The van der Waals surface area contributed by atoms with Crippen LogP contribution in [0.25, 0.3) is 0 Å². The molecule has 0 aromatic heterocycles. The van der Waals surface area contributed by atoms with Gasteiger partial charge in [0.15, 0.2) is 0 Å². The summed E-state index contributed by atoms with van der Waals surface area (Å²) in [4.78, 5) is 0.297. The van der Waals surface area contributed by atoms with E-state index in [4.69, 9.17) is 0 Å². The molecular formula is C13H20N2O2S. The second-order valence-corrected chi connectivity index (χ2v) is 7.14. The molecular weight excluding hydrogens is 248 g/mol. The molecule has 100 valence electrons. The lowest BCUT2D eigenvalue weighted by Gasteiger charge is -2.38. The molecule has 2 rings (SSSR count). The van der Waals surface area contributed by atoms with Crippen LogP contribution < -0.4 is 10.0 Å². The SMILES string of the molecule is CNS(=O)(=O)c1ccc(NCC2(C)CCC2)cc1. The smallest absolute Gasteiger partial charge is 0.240 e. The summed E-state index contributed by atoms with van der Waals surface area (Å²) in [6.45, 7) is 3.23. The van der Waals surface area contributed by atoms with Gasteiger partial charge in [0.2, 0.25) is 10.0 Å². The molecule has 4 nitrogen and oxygen atoms in total. The molecule has 5 heteroatoms. The van der Waals surface area contributed by atoms with Crippen LogP contribution in [0.3, 0.4) is 0 Å². The summed E-state index contributed by atoms with van der Waals surface area (Å²) >= 11 is 0. The molecule has 2 N–H and O–H groups in total. The van der Waals surface area contributed by atoms with Crippen LogP contribution in [0, 0.1) is 5.41 Å². The third-order valence-electron chi connectivity index (χ3n) is 3.71. The van der Waals surface area contributed by atoms with Gasteiger partial charge < -0.3 is 5.32 Å². The molecule has 1 aliphatic carbocycles. The third kappa shape index (κ3) is 2.84. The lowest BCUT2D eigenvalue weighted by Crippen LogP contribution is -2.33. The molecule has 1 aromatic carbocycles. The van der Waals surface area contributed by atoms with Gasteiger partial charge in [-0.05, 0) is 49.6 Å². The molecule has 0 bridgehead atoms. The van der Waals surface area contributed by atoms with Crippen molar-refractivity contribution in [3.05, 3.63) is 24.3 Å². The highest BCUT2D eigenvalue weighted by Crippen LogP contribution is 2.40. The second-order valence-electron chi connectivity index (χ2n) is 5.25. The molecule has 0 saturated heterocycles. The van der Waals surface area contributed by atoms with Gasteiger partial charge in [0.1, 0.15) is 0 Å². The number of nitrogens with one attached hydrogen (secondary N) is 2. The predicted octanol–water partition coefficient (Wildman–Crippen LogP) is 2.20. The summed E-state index contributed by atoms with van der Waals surface area (Å²) in [6, 6.07) is 6.87. The molecule has 18 heavy (non-hydrogen) atoms. The molecule has 0 spiro atoms. The molecule has 1 aliphatic rings. The van der Waals surface area contributed by atoms with Crippen molar-refractivity contribution < 1.29 is 8.42 Å². The van der Waals surface area contributed by atoms with E-state index in [0.29, 0.717) is 10.3 Å². The van der Waals surface area contributed by atoms with Crippen molar-refractivity contribution in [3.8, 4) is 0 Å². The van der Waals surface area contributed by atoms with E-state index in [1.807, 2.05) is 12.1 Å². The minimum absolute atomic E-state index is 0.297. The van der Waals surface area contributed by atoms with Crippen molar-refractivity contribution in [2.75, 3.05) is 18.9 Å². The van der Waals surface area contributed by atoms with Crippen LogP contribution in [0.4, 0.5) is 5.69 Å². The topological polar surface area (TPSA) is 58.2 Å². The van der Waals surface area contributed by atoms with E-state index >= 15 is 0 Å². The quantitative estimate of drug-likeness (QED) is 0.860. The molecule has 0 radical (unpaired) electrons. The van der Waals surface area contributed by atoms with Gasteiger partial charge >= 0.3 is 0 Å². The van der Waals surface area contributed by atoms with E-state index in [-0.39, 0.29) is 0 Å². The summed E-state index contributed by atoms with van der Waals surface area (Å²) in [5.74, 6) is 0. The number of hydrogen-bond acceptors (Lipinski definition) is 3. The highest BCUT2D eigenvalue weighted by molar-refractivity contribution is 7.89. The maximum atomic E-state index is 11.6. The fourth-order valence-electron chi connectivity index (χ4n) is 2.14. The van der Waals surface area contributed by atoms with E-state index in [1.54, 1.807) is 12.1 Å². The maximum absolute atomic E-state index is 11.6. The molecule has 0 heterocycles. The largest absolute Gasteiger partial charge is 0.384 e. The lowest BCUT2D eigenvalue weighted by atomic mass is 9.70. The van der Waals surface area contributed by atoms with E-state index in [2.05, 4.69) is 17.0 Å². The Morgan fingerprint density at radius 1 is 1.22 bits per heavy atom. The minimum Gasteiger partial charge on any atom is -0.384 e. The zero-order chi connectivity index (χ0) is 13.2. The van der Waals surface area contributed by atoms with Crippen molar-refractivity contribution in [2.24, 2.45) is 5.41 Å². The van der Waals surface area contributed by atoms with Crippen molar-refractivity contribution in [1.82, 2.24) is 4.72 Å². The van der Waals surface area contributed by atoms with Crippen LogP contribution >= 0.6 is 0 Å². The highest BCUT2D eigenvalue weighted by Gasteiger charge is 2.31. The summed E-state index contributed by atoms with van der Waals surface area (Å²) in [5, 5.41) is 3.37. The van der Waals surface area contributed by atoms with E-state index in [1.165, 1.54) is 26.3 Å². The number of hydrogen-bond donors (Lipinski definition) is 2. The van der Waals surface area contributed by atoms with Gasteiger partial charge in [-0.1, -0.05) is 13.3 Å². The van der Waals surface area contributed by atoms with Gasteiger partial charge in [-0.15, -0.1) is 0 Å². The Bertz CT molecular complexity index is 504. The van der Waals surface area contributed by atoms with E-state index in [0.717, 1.165) is 12.2 Å². The first-order valence-electron chi connectivity index (χ1n) is 6.23. The Balaban J connectivity index is 2.00. The van der Waals surface area contributed by atoms with Crippen LogP contribution in [0.2, 0.25) is 0 Å². The monoisotopic (exact) mass is 268 g/mol. The Morgan fingerprint density at radius 2 is 1.83 bits per heavy atom. The Kier molecular flexibility index (Phi) is 3.64. The number of benzene rings is 1. The summed E-state index contributed by atoms with van der Waals surface area (Å²) in [7, 11) is -1.91. The second kappa shape index (κ2) is 4.90. The number of rotatable bonds is 5. The number of sulfonamides is 1. The van der Waals surface area contributed by atoms with Gasteiger partial charge in [-0.25, -0.2) is 13.1 Å². The van der Waals surface area contributed by atoms with Crippen molar-refractivity contribution in [1.29, 1.82) is 0 Å². The van der Waals surface area contributed by atoms with Gasteiger partial charge in [0, 0.05) is 12.2 Å². The normalized spacial score (nSPS) is 18.1. The molecule has 0 atom stereocenters. The fraction of sp³-hybridized carbons (Fsp3) is 0.538. The van der Waals surface area contributed by atoms with Gasteiger partial charge in [0.05, 0.1) is 4.90 Å². The first-order valence-corrected chi connectivity index (χ1v) is 7.71. The number of anilines is 1. The summed E-state index contributed by atoms with van der Waals surface area (Å²) < 4.78 is 25.4. The zero-order valence-corrected chi connectivity index (χ0v) is 11.7. The van der Waals surface area contributed by atoms with Crippen LogP contribution in [0.5, 0.6) is 0 Å². The molecule has 1 aromatic rings. The standard InChI is InChI=1S/C13H20N2O2S/c1-13(8-3-9-13)10-15-11-4-6-12(7-5-11)18(16,17)14-2/h4-7,14-15H,3,8-10H2,1-2H3. The lowest BCUT2D eigenvalue weighted by molar-refractivity contribution is 0.180. The average Bonchev–Trinajstić information content (AvgIpc) is 2.34. The van der Waals surface area contributed by atoms with Gasteiger partial charge in [0.25, 0.3) is 0 Å². The van der Waals surface area contributed by atoms with Crippen LogP contribution in [-0.2, 0) is 10.0 Å². The highest BCUT2D eigenvalue weighted by atomic mass is 32.2. The molecule has 0 aliphatic heterocycles. The van der Waals surface area contributed by atoms with Gasteiger partial charge in [-0.3, -0.25) is 0 Å². The average molecular weight is 268 g/mol. The van der Waals surface area contributed by atoms with E-state index < -0.39 is 10.0 Å². The Labute approximate surface area is 109 Å². The van der Waals surface area contributed by atoms with E-state index in [9.17, 15) is 8.42 Å². The zero-order valence-electron chi connectivity index (χ0n) is 10.9. The molecule has 0 unspecified atom stereocenters. The Morgan fingerprint density at radius 3 is 2.28 bits per heavy atom. The van der Waals surface area contributed by atoms with Crippen LogP contribution in [0.1, 0.15) is 26.2 Å². The first-order chi connectivity index (χ1) is 8.45. The van der Waals surface area contributed by atoms with Crippen molar-refractivity contribution in [2.45, 2.75) is 31.1 Å². The van der Waals surface area contributed by atoms with Crippen LogP contribution in [0.15, 0.2) is 29.2 Å². The minimum atomic E-state index is -3.33. The molecule has 0 amide bonds. The third-order valence-corrected chi connectivity index (χ3v) is 5.14. The summed E-state index contributed by atoms with van der Waals surface area (Å²) in [5.41, 5.74) is 1.38. The summed E-state index contributed by atoms with van der Waals surface area (Å²) in [6.07, 6.45) is 3.86. The van der Waals surface area contributed by atoms with Crippen molar-refractivity contribution in [3.63, 3.8) is 0 Å². The molecule has 1 fully saturated rings. The van der Waals surface area contributed by atoms with Crippen molar-refractivity contribution >= 4 is 15.7 Å². The maximum Gasteiger partial charge on any atom is 0.240 e. The Hall–Kier alpha value is -1.07. The molecule has 1 saturated carbocycles. The fourth-order valence-corrected chi connectivity index (χ4v) is 2.87. The van der Waals surface area contributed by atoms with Crippen LogP contribution in [-0.4, -0.2) is 22.0 Å². The van der Waals surface area contributed by atoms with Gasteiger partial charge in [-0.2, -0.15) is 0 Å². The first kappa shape index (κ1) is 13.4.